The molecule has 2 unspecified atom stereocenters. The number of thioether (sulfide) groups is 1. The second-order valence-electron chi connectivity index (χ2n) is 5.76. The van der Waals surface area contributed by atoms with Crippen molar-refractivity contribution in [2.24, 2.45) is 5.92 Å². The maximum atomic E-state index is 11.8. The molecule has 1 aliphatic heterocycles. The van der Waals surface area contributed by atoms with E-state index in [2.05, 4.69) is 24.7 Å². The topological polar surface area (TPSA) is 23.6 Å². The molecule has 19 heavy (non-hydrogen) atoms. The Morgan fingerprint density at radius 3 is 2.84 bits per heavy atom. The summed E-state index contributed by atoms with van der Waals surface area (Å²) in [7, 11) is 0. The smallest absolute Gasteiger partial charge is 0.246 e. The van der Waals surface area contributed by atoms with Crippen LogP contribution >= 0.6 is 11.8 Å². The highest BCUT2D eigenvalue weighted by Crippen LogP contribution is 2.33. The highest BCUT2D eigenvalue weighted by atomic mass is 32.2. The number of amides is 1. The number of rotatable bonds is 6. The van der Waals surface area contributed by atoms with E-state index in [1.807, 2.05) is 16.7 Å². The Kier molecular flexibility index (Phi) is 5.34. The summed E-state index contributed by atoms with van der Waals surface area (Å²) < 4.78 is 0. The zero-order chi connectivity index (χ0) is 13.8. The molecule has 2 atom stereocenters. The average Bonchev–Trinajstić information content (AvgIpc) is 3.27. The summed E-state index contributed by atoms with van der Waals surface area (Å²) in [6.07, 6.45) is 8.75. The molecule has 0 radical (unpaired) electrons. The van der Waals surface area contributed by atoms with E-state index in [4.69, 9.17) is 0 Å². The van der Waals surface area contributed by atoms with Gasteiger partial charge in [0.25, 0.3) is 0 Å². The van der Waals surface area contributed by atoms with Gasteiger partial charge in [-0.15, -0.1) is 11.8 Å². The highest BCUT2D eigenvalue weighted by Gasteiger charge is 2.33. The first kappa shape index (κ1) is 14.9. The summed E-state index contributed by atoms with van der Waals surface area (Å²) in [5, 5.41) is 0.546. The van der Waals surface area contributed by atoms with E-state index in [1.165, 1.54) is 31.9 Å². The molecule has 1 saturated carbocycles. The van der Waals surface area contributed by atoms with Gasteiger partial charge in [0.15, 0.2) is 0 Å². The molecule has 0 N–H and O–H groups in total. The summed E-state index contributed by atoms with van der Waals surface area (Å²) >= 11 is 1.91. The van der Waals surface area contributed by atoms with Crippen LogP contribution in [-0.4, -0.2) is 53.0 Å². The lowest BCUT2D eigenvalue weighted by atomic mass is 10.0. The first-order valence-electron chi connectivity index (χ1n) is 7.35. The summed E-state index contributed by atoms with van der Waals surface area (Å²) in [6.45, 7) is 8.88. The predicted molar refractivity (Wildman–Crippen MR) is 82.2 cm³/mol. The van der Waals surface area contributed by atoms with Crippen molar-refractivity contribution in [1.29, 1.82) is 0 Å². The van der Waals surface area contributed by atoms with E-state index < -0.39 is 0 Å². The minimum atomic E-state index is 0.0906. The molecule has 0 bridgehead atoms. The van der Waals surface area contributed by atoms with Gasteiger partial charge in [-0.1, -0.05) is 6.58 Å². The molecule has 108 valence electrons. The quantitative estimate of drug-likeness (QED) is 0.552. The molecular weight excluding hydrogens is 256 g/mol. The van der Waals surface area contributed by atoms with Gasteiger partial charge in [0, 0.05) is 25.7 Å². The van der Waals surface area contributed by atoms with Crippen molar-refractivity contribution in [3.8, 4) is 0 Å². The standard InChI is InChI=1S/C15H26N2OS/c1-4-15(18)16-9-5-6-14(11-16)17(12(2)19-3)10-13-7-8-13/h4,12-14H,1,5-11H2,2-3H3. The first-order valence-corrected chi connectivity index (χ1v) is 8.64. The fourth-order valence-electron chi connectivity index (χ4n) is 2.88. The Balaban J connectivity index is 1.98. The van der Waals surface area contributed by atoms with Crippen LogP contribution in [0.4, 0.5) is 0 Å². The molecule has 1 amide bonds. The van der Waals surface area contributed by atoms with E-state index in [9.17, 15) is 4.79 Å². The third kappa shape index (κ3) is 3.99. The molecule has 1 heterocycles. The van der Waals surface area contributed by atoms with Crippen LogP contribution < -0.4 is 0 Å². The van der Waals surface area contributed by atoms with Crippen LogP contribution in [0.2, 0.25) is 0 Å². The molecule has 4 heteroatoms. The second kappa shape index (κ2) is 6.80. The van der Waals surface area contributed by atoms with E-state index in [1.54, 1.807) is 0 Å². The Hall–Kier alpha value is -0.480. The van der Waals surface area contributed by atoms with Gasteiger partial charge in [-0.3, -0.25) is 9.69 Å². The maximum absolute atomic E-state index is 11.8. The van der Waals surface area contributed by atoms with E-state index in [0.717, 1.165) is 25.4 Å². The Morgan fingerprint density at radius 1 is 1.53 bits per heavy atom. The number of hydrogen-bond donors (Lipinski definition) is 0. The molecule has 1 aliphatic carbocycles. The second-order valence-corrected chi connectivity index (χ2v) is 6.91. The van der Waals surface area contributed by atoms with Gasteiger partial charge in [-0.2, -0.15) is 0 Å². The summed E-state index contributed by atoms with van der Waals surface area (Å²) in [5.74, 6) is 0.993. The van der Waals surface area contributed by atoms with Crippen LogP contribution in [-0.2, 0) is 4.79 Å². The van der Waals surface area contributed by atoms with Crippen molar-refractivity contribution in [2.75, 3.05) is 25.9 Å². The van der Waals surface area contributed by atoms with Crippen LogP contribution in [0, 0.1) is 5.92 Å². The highest BCUT2D eigenvalue weighted by molar-refractivity contribution is 7.99. The van der Waals surface area contributed by atoms with Crippen molar-refractivity contribution in [3.63, 3.8) is 0 Å². The number of nitrogens with zero attached hydrogens (tertiary/aromatic N) is 2. The number of hydrogen-bond acceptors (Lipinski definition) is 3. The van der Waals surface area contributed by atoms with E-state index >= 15 is 0 Å². The lowest BCUT2D eigenvalue weighted by Gasteiger charge is -2.41. The van der Waals surface area contributed by atoms with Gasteiger partial charge in [0.2, 0.25) is 5.91 Å². The molecule has 2 fully saturated rings. The van der Waals surface area contributed by atoms with Gasteiger partial charge < -0.3 is 4.90 Å². The number of carbonyl (C=O) groups is 1. The minimum absolute atomic E-state index is 0.0906. The normalized spacial score (nSPS) is 25.4. The molecule has 1 saturated heterocycles. The van der Waals surface area contributed by atoms with Gasteiger partial charge in [0.1, 0.15) is 0 Å². The monoisotopic (exact) mass is 282 g/mol. The molecule has 0 aromatic carbocycles. The Labute approximate surface area is 121 Å². The summed E-state index contributed by atoms with van der Waals surface area (Å²) in [6, 6.07) is 0.528. The van der Waals surface area contributed by atoms with Crippen molar-refractivity contribution in [1.82, 2.24) is 9.80 Å². The van der Waals surface area contributed by atoms with Crippen LogP contribution in [0.3, 0.4) is 0 Å². The average molecular weight is 282 g/mol. The van der Waals surface area contributed by atoms with Crippen LogP contribution in [0.1, 0.15) is 32.6 Å². The summed E-state index contributed by atoms with van der Waals surface area (Å²) in [5.41, 5.74) is 0. The first-order chi connectivity index (χ1) is 9.15. The van der Waals surface area contributed by atoms with Crippen molar-refractivity contribution >= 4 is 17.7 Å². The van der Waals surface area contributed by atoms with Crippen molar-refractivity contribution in [3.05, 3.63) is 12.7 Å². The zero-order valence-corrected chi connectivity index (χ0v) is 13.0. The summed E-state index contributed by atoms with van der Waals surface area (Å²) in [4.78, 5) is 16.4. The number of likely N-dealkylation sites (tertiary alicyclic amines) is 1. The van der Waals surface area contributed by atoms with E-state index in [0.29, 0.717) is 11.4 Å². The van der Waals surface area contributed by atoms with Gasteiger partial charge in [-0.05, 0) is 50.9 Å². The van der Waals surface area contributed by atoms with Gasteiger partial charge >= 0.3 is 0 Å². The molecule has 0 spiro atoms. The largest absolute Gasteiger partial charge is 0.338 e. The van der Waals surface area contributed by atoms with Crippen molar-refractivity contribution < 1.29 is 4.79 Å². The van der Waals surface area contributed by atoms with E-state index in [-0.39, 0.29) is 5.91 Å². The molecule has 3 nitrogen and oxygen atoms in total. The van der Waals surface area contributed by atoms with Crippen LogP contribution in [0.25, 0.3) is 0 Å². The SMILES string of the molecule is C=CC(=O)N1CCCC(N(CC2CC2)C(C)SC)C1. The maximum Gasteiger partial charge on any atom is 0.246 e. The fourth-order valence-corrected chi connectivity index (χ4v) is 3.41. The number of carbonyl (C=O) groups excluding carboxylic acids is 1. The Morgan fingerprint density at radius 2 is 2.26 bits per heavy atom. The predicted octanol–water partition coefficient (Wildman–Crippen LogP) is 2.58. The third-order valence-electron chi connectivity index (χ3n) is 4.33. The number of piperidine rings is 1. The van der Waals surface area contributed by atoms with Crippen LogP contribution in [0.15, 0.2) is 12.7 Å². The van der Waals surface area contributed by atoms with Gasteiger partial charge in [0.05, 0.1) is 5.37 Å². The van der Waals surface area contributed by atoms with Crippen molar-refractivity contribution in [2.45, 2.75) is 44.0 Å². The molecular formula is C15H26N2OS. The molecule has 0 aromatic rings. The zero-order valence-electron chi connectivity index (χ0n) is 12.2. The Bertz CT molecular complexity index is 330. The fraction of sp³-hybridized carbons (Fsp3) is 0.800. The lowest BCUT2D eigenvalue weighted by Crippen LogP contribution is -2.52. The molecule has 0 aromatic heterocycles. The van der Waals surface area contributed by atoms with Gasteiger partial charge in [-0.25, -0.2) is 0 Å². The lowest BCUT2D eigenvalue weighted by molar-refractivity contribution is -0.128. The molecule has 2 aliphatic rings. The minimum Gasteiger partial charge on any atom is -0.338 e. The third-order valence-corrected chi connectivity index (χ3v) is 5.28. The molecule has 2 rings (SSSR count). The van der Waals surface area contributed by atoms with Crippen LogP contribution in [0.5, 0.6) is 0 Å².